The summed E-state index contributed by atoms with van der Waals surface area (Å²) >= 11 is 0. The summed E-state index contributed by atoms with van der Waals surface area (Å²) in [6.07, 6.45) is -7.31. The summed E-state index contributed by atoms with van der Waals surface area (Å²) in [5.41, 5.74) is -5.52. The average molecular weight is 1050 g/mol. The van der Waals surface area contributed by atoms with E-state index in [-0.39, 0.29) is 29.0 Å². The lowest BCUT2D eigenvalue weighted by Gasteiger charge is -2.68. The van der Waals surface area contributed by atoms with Crippen molar-refractivity contribution in [2.24, 2.45) is 22.7 Å². The molecule has 410 valence electrons. The van der Waals surface area contributed by atoms with Gasteiger partial charge in [0, 0.05) is 71.6 Å². The number of likely N-dealkylation sites (N-methyl/N-ethyl adjacent to an activating group) is 1. The van der Waals surface area contributed by atoms with Crippen molar-refractivity contribution >= 4 is 35.8 Å². The third-order valence-corrected chi connectivity index (χ3v) is 17.0. The summed E-state index contributed by atoms with van der Waals surface area (Å²) in [5, 5.41) is 16.9. The molecule has 11 atom stereocenters. The van der Waals surface area contributed by atoms with Crippen LogP contribution in [0.15, 0.2) is 96.1 Å². The summed E-state index contributed by atoms with van der Waals surface area (Å²) in [6, 6.07) is 22.2. The van der Waals surface area contributed by atoms with E-state index in [1.165, 1.54) is 21.1 Å². The van der Waals surface area contributed by atoms with Crippen LogP contribution in [0.3, 0.4) is 0 Å². The van der Waals surface area contributed by atoms with Gasteiger partial charge in [-0.3, -0.25) is 14.5 Å². The van der Waals surface area contributed by atoms with Crippen molar-refractivity contribution in [3.63, 3.8) is 0 Å². The second-order valence-corrected chi connectivity index (χ2v) is 23.1. The maximum atomic E-state index is 15.9. The highest BCUT2D eigenvalue weighted by Gasteiger charge is 2.77. The quantitative estimate of drug-likeness (QED) is 0.0931. The fraction of sp³-hybridized carbons (Fsp3) is 0.559. The Morgan fingerprint density at radius 1 is 0.829 bits per heavy atom. The molecule has 3 aromatic rings. The number of carbonyl (C=O) groups is 6. The number of fused-ring (bicyclic) bond motifs is 5. The normalized spacial score (nSPS) is 30.1. The van der Waals surface area contributed by atoms with Crippen LogP contribution < -0.4 is 5.32 Å². The number of benzene rings is 3. The van der Waals surface area contributed by atoms with Crippen LogP contribution >= 0.6 is 0 Å². The molecule has 2 bridgehead atoms. The van der Waals surface area contributed by atoms with Crippen LogP contribution in [0.1, 0.15) is 119 Å². The van der Waals surface area contributed by atoms with Gasteiger partial charge in [0.1, 0.15) is 41.2 Å². The van der Waals surface area contributed by atoms with Crippen molar-refractivity contribution in [1.82, 2.24) is 15.1 Å². The molecule has 1 aliphatic heterocycles. The van der Waals surface area contributed by atoms with Crippen LogP contribution in [0.2, 0.25) is 0 Å². The number of methoxy groups -OCH3 is 2. The van der Waals surface area contributed by atoms with Gasteiger partial charge in [0.15, 0.2) is 5.78 Å². The Labute approximate surface area is 445 Å². The van der Waals surface area contributed by atoms with E-state index in [9.17, 15) is 24.3 Å². The molecule has 8 rings (SSSR count). The highest BCUT2D eigenvalue weighted by atomic mass is 16.6. The minimum Gasteiger partial charge on any atom is -0.458 e. The zero-order valence-electron chi connectivity index (χ0n) is 45.7. The number of nitrogens with zero attached hydrogens (tertiary/aromatic N) is 2. The van der Waals surface area contributed by atoms with Crippen LogP contribution in [0.5, 0.6) is 0 Å². The van der Waals surface area contributed by atoms with Crippen LogP contribution in [-0.4, -0.2) is 145 Å². The number of ether oxygens (including phenoxy) is 7. The van der Waals surface area contributed by atoms with Crippen LogP contribution in [0.25, 0.3) is 0 Å². The molecule has 1 saturated heterocycles. The molecular weight excluding hydrogens is 975 g/mol. The van der Waals surface area contributed by atoms with Crippen molar-refractivity contribution in [2.75, 3.05) is 47.4 Å². The number of carbonyl (C=O) groups excluding carboxylic acids is 6. The zero-order valence-corrected chi connectivity index (χ0v) is 45.7. The Hall–Kier alpha value is -5.98. The fourth-order valence-electron chi connectivity index (χ4n) is 12.9. The number of hydrogen-bond acceptors (Lipinski definition) is 16. The molecule has 1 heterocycles. The minimum atomic E-state index is -2.24. The standard InChI is InChI=1S/C59H75N3O14/c1-35-42(72-53(67)47(45(38-18-14-12-15-19-38)60-54(68)76-55(3,4)5)73-51(65)40-24-22-37(23-25-40)34-62-30-28-61(9)29-31-62)33-59(69)50(74-52(66)39-20-16-13-17-21-39)48-57(8,49(64)46(71-11)44(35)56(59,6)7)43(70-10)32-41-26-27-58(41,48)75-36(2)63/h12-25,41-43,45-48,50,69H,26-34H2,1-11H3,(H,60,68). The van der Waals surface area contributed by atoms with Crippen LogP contribution in [0.4, 0.5) is 4.79 Å². The molecule has 0 radical (unpaired) electrons. The number of amides is 1. The number of esters is 4. The molecule has 0 aromatic heterocycles. The Morgan fingerprint density at radius 2 is 1.45 bits per heavy atom. The van der Waals surface area contributed by atoms with Gasteiger partial charge in [-0.2, -0.15) is 0 Å². The van der Waals surface area contributed by atoms with E-state index < -0.39 is 112 Å². The molecule has 1 amide bonds. The Bertz CT molecular complexity index is 2680. The van der Waals surface area contributed by atoms with Gasteiger partial charge < -0.3 is 48.5 Å². The lowest BCUT2D eigenvalue weighted by molar-refractivity contribution is -0.298. The first kappa shape index (κ1) is 56.2. The molecule has 4 aliphatic carbocycles. The van der Waals surface area contributed by atoms with Crippen LogP contribution in [-0.2, 0) is 54.1 Å². The topological polar surface area (TPSA) is 206 Å². The number of nitrogens with one attached hydrogen (secondary N) is 1. The lowest BCUT2D eigenvalue weighted by atomic mass is 9.41. The number of aliphatic hydroxyl groups is 1. The number of ketones is 1. The van der Waals surface area contributed by atoms with E-state index in [2.05, 4.69) is 22.2 Å². The third kappa shape index (κ3) is 10.6. The van der Waals surface area contributed by atoms with Gasteiger partial charge in [0.05, 0.1) is 28.6 Å². The summed E-state index contributed by atoms with van der Waals surface area (Å²) < 4.78 is 44.0. The first-order valence-electron chi connectivity index (χ1n) is 26.3. The summed E-state index contributed by atoms with van der Waals surface area (Å²) in [6.45, 7) is 17.5. The molecule has 3 aromatic carbocycles. The second-order valence-electron chi connectivity index (χ2n) is 23.1. The van der Waals surface area contributed by atoms with E-state index in [1.54, 1.807) is 121 Å². The maximum absolute atomic E-state index is 15.9. The van der Waals surface area contributed by atoms with Crippen molar-refractivity contribution < 1.29 is 67.0 Å². The van der Waals surface area contributed by atoms with Gasteiger partial charge in [-0.05, 0) is 107 Å². The Morgan fingerprint density at radius 3 is 2.01 bits per heavy atom. The molecule has 11 unspecified atom stereocenters. The van der Waals surface area contributed by atoms with Gasteiger partial charge in [-0.1, -0.05) is 74.5 Å². The predicted octanol–water partition coefficient (Wildman–Crippen LogP) is 7.19. The molecule has 76 heavy (non-hydrogen) atoms. The summed E-state index contributed by atoms with van der Waals surface area (Å²) in [7, 11) is 4.96. The van der Waals surface area contributed by atoms with Gasteiger partial charge in [0.2, 0.25) is 6.10 Å². The van der Waals surface area contributed by atoms with E-state index >= 15 is 9.59 Å². The van der Waals surface area contributed by atoms with Crippen molar-refractivity contribution in [3.8, 4) is 0 Å². The Balaban J connectivity index is 1.25. The number of piperazine rings is 1. The van der Waals surface area contributed by atoms with Gasteiger partial charge in [0.25, 0.3) is 0 Å². The summed E-state index contributed by atoms with van der Waals surface area (Å²) in [4.78, 5) is 92.2. The first-order chi connectivity index (χ1) is 35.9. The average Bonchev–Trinajstić information content (AvgIpc) is 3.57. The van der Waals surface area contributed by atoms with E-state index in [0.717, 1.165) is 31.7 Å². The number of alkyl carbamates (subject to hydrolysis) is 1. The monoisotopic (exact) mass is 1050 g/mol. The largest absolute Gasteiger partial charge is 0.458 e. The van der Waals surface area contributed by atoms with Gasteiger partial charge in [-0.25, -0.2) is 19.2 Å². The number of Topliss-reactive ketones (excluding diaryl/α,β-unsaturated/α-hetero) is 1. The fourth-order valence-corrected chi connectivity index (χ4v) is 12.9. The maximum Gasteiger partial charge on any atom is 0.408 e. The predicted molar refractivity (Wildman–Crippen MR) is 279 cm³/mol. The SMILES string of the molecule is COC1C(=O)C2(C)C(OC)CC3CCC3(OC(C)=O)C2C(OC(=O)c2ccccc2)C2(O)CC(OC(=O)C(OC(=O)c3ccc(CN4CCN(C)CC4)cc3)C(NC(=O)OC(C)(C)C)c3ccccc3)C(C)=C1C2(C)C. The van der Waals surface area contributed by atoms with Crippen LogP contribution in [0, 0.1) is 22.7 Å². The lowest BCUT2D eigenvalue weighted by Crippen LogP contribution is -2.78. The van der Waals surface area contributed by atoms with Crippen molar-refractivity contribution in [3.05, 3.63) is 118 Å². The zero-order chi connectivity index (χ0) is 55.1. The van der Waals surface area contributed by atoms with E-state index in [1.807, 2.05) is 12.1 Å². The van der Waals surface area contributed by atoms with Gasteiger partial charge in [-0.15, -0.1) is 0 Å². The van der Waals surface area contributed by atoms with E-state index in [4.69, 9.17) is 33.2 Å². The highest BCUT2D eigenvalue weighted by Crippen LogP contribution is 2.67. The first-order valence-corrected chi connectivity index (χ1v) is 26.3. The molecule has 17 heteroatoms. The molecule has 17 nitrogen and oxygen atoms in total. The molecule has 0 spiro atoms. The third-order valence-electron chi connectivity index (χ3n) is 17.0. The smallest absolute Gasteiger partial charge is 0.408 e. The van der Waals surface area contributed by atoms with Crippen molar-refractivity contribution in [2.45, 2.75) is 141 Å². The minimum absolute atomic E-state index is 0.128. The van der Waals surface area contributed by atoms with Gasteiger partial charge >= 0.3 is 30.0 Å². The molecule has 3 saturated carbocycles. The molecular formula is C59H75N3O14. The molecule has 4 fully saturated rings. The molecule has 2 N–H and O–H groups in total. The van der Waals surface area contributed by atoms with E-state index in [0.29, 0.717) is 30.5 Å². The Kier molecular flexibility index (Phi) is 16.1. The number of hydrogen-bond donors (Lipinski definition) is 2. The second kappa shape index (κ2) is 21.8. The van der Waals surface area contributed by atoms with Crippen molar-refractivity contribution in [1.29, 1.82) is 0 Å². The molecule has 5 aliphatic rings. The summed E-state index contributed by atoms with van der Waals surface area (Å²) in [5.74, 6) is -5.53. The number of rotatable bonds is 14. The highest BCUT2D eigenvalue weighted by molar-refractivity contribution is 5.95.